The van der Waals surface area contributed by atoms with Crippen LogP contribution in [0.3, 0.4) is 0 Å². The SMILES string of the molecule is CCc1ccc(CS(=O)(=O)NCC2(c3ccccn3)CCC2)cc1. The lowest BCUT2D eigenvalue weighted by Gasteiger charge is -2.41. The second-order valence-corrected chi connectivity index (χ2v) is 8.41. The largest absolute Gasteiger partial charge is 0.261 e. The van der Waals surface area contributed by atoms with Gasteiger partial charge in [-0.1, -0.05) is 43.7 Å². The lowest BCUT2D eigenvalue weighted by molar-refractivity contribution is 0.238. The molecular weight excluding hydrogens is 320 g/mol. The van der Waals surface area contributed by atoms with Crippen LogP contribution in [0.1, 0.15) is 43.0 Å². The molecule has 0 aliphatic heterocycles. The van der Waals surface area contributed by atoms with Gasteiger partial charge in [-0.15, -0.1) is 0 Å². The van der Waals surface area contributed by atoms with E-state index >= 15 is 0 Å². The number of benzene rings is 1. The summed E-state index contributed by atoms with van der Waals surface area (Å²) < 4.78 is 27.7. The fraction of sp³-hybridized carbons (Fsp3) is 0.421. The Hall–Kier alpha value is -1.72. The van der Waals surface area contributed by atoms with Crippen LogP contribution in [-0.4, -0.2) is 19.9 Å². The standard InChI is InChI=1S/C19H24N2O2S/c1-2-16-7-9-17(10-8-16)14-24(22,23)21-15-19(11-5-12-19)18-6-3-4-13-20-18/h3-4,6-10,13,21H,2,5,11-12,14-15H2,1H3. The molecule has 5 heteroatoms. The van der Waals surface area contributed by atoms with Gasteiger partial charge in [-0.25, -0.2) is 13.1 Å². The molecule has 0 spiro atoms. The van der Waals surface area contributed by atoms with E-state index in [1.54, 1.807) is 6.20 Å². The lowest BCUT2D eigenvalue weighted by Crippen LogP contribution is -2.46. The van der Waals surface area contributed by atoms with Crippen molar-refractivity contribution in [1.82, 2.24) is 9.71 Å². The summed E-state index contributed by atoms with van der Waals surface area (Å²) in [6.45, 7) is 2.52. The van der Waals surface area contributed by atoms with Gasteiger partial charge in [0.15, 0.2) is 0 Å². The topological polar surface area (TPSA) is 59.1 Å². The number of aromatic nitrogens is 1. The van der Waals surface area contributed by atoms with Gasteiger partial charge in [0.05, 0.1) is 5.75 Å². The van der Waals surface area contributed by atoms with Gasteiger partial charge in [-0.05, 0) is 42.5 Å². The summed E-state index contributed by atoms with van der Waals surface area (Å²) in [5.74, 6) is 0.0231. The summed E-state index contributed by atoms with van der Waals surface area (Å²) in [5, 5.41) is 0. The van der Waals surface area contributed by atoms with Crippen LogP contribution in [0, 0.1) is 0 Å². The van der Waals surface area contributed by atoms with Crippen molar-refractivity contribution in [3.05, 3.63) is 65.5 Å². The minimum absolute atomic E-state index is 0.0231. The van der Waals surface area contributed by atoms with E-state index in [4.69, 9.17) is 0 Å². The Bertz CT molecular complexity index is 767. The van der Waals surface area contributed by atoms with Gasteiger partial charge in [-0.2, -0.15) is 0 Å². The maximum atomic E-state index is 12.4. The van der Waals surface area contributed by atoms with E-state index in [1.165, 1.54) is 5.56 Å². The zero-order valence-corrected chi connectivity index (χ0v) is 14.8. The molecule has 0 saturated heterocycles. The highest BCUT2D eigenvalue weighted by Gasteiger charge is 2.40. The zero-order chi connectivity index (χ0) is 17.0. The van der Waals surface area contributed by atoms with Crippen LogP contribution in [0.25, 0.3) is 0 Å². The van der Waals surface area contributed by atoms with Gasteiger partial charge in [0, 0.05) is 23.9 Å². The van der Waals surface area contributed by atoms with Crippen molar-refractivity contribution in [3.63, 3.8) is 0 Å². The van der Waals surface area contributed by atoms with Crippen molar-refractivity contribution < 1.29 is 8.42 Å². The van der Waals surface area contributed by atoms with E-state index in [0.717, 1.165) is 36.9 Å². The first kappa shape index (κ1) is 17.1. The fourth-order valence-corrected chi connectivity index (χ4v) is 4.42. The number of hydrogen-bond acceptors (Lipinski definition) is 3. The molecule has 1 saturated carbocycles. The molecule has 2 aromatic rings. The average molecular weight is 344 g/mol. The fourth-order valence-electron chi connectivity index (χ4n) is 3.19. The number of nitrogens with zero attached hydrogens (tertiary/aromatic N) is 1. The van der Waals surface area contributed by atoms with E-state index < -0.39 is 10.0 Å². The van der Waals surface area contributed by atoms with Crippen LogP contribution >= 0.6 is 0 Å². The zero-order valence-electron chi connectivity index (χ0n) is 14.0. The minimum Gasteiger partial charge on any atom is -0.261 e. The van der Waals surface area contributed by atoms with Gasteiger partial charge < -0.3 is 0 Å². The second-order valence-electron chi connectivity index (χ2n) is 6.60. The number of pyridine rings is 1. The van der Waals surface area contributed by atoms with Gasteiger partial charge in [0.2, 0.25) is 10.0 Å². The van der Waals surface area contributed by atoms with Crippen LogP contribution in [0.15, 0.2) is 48.7 Å². The molecule has 1 aliphatic rings. The van der Waals surface area contributed by atoms with Crippen LogP contribution in [0.2, 0.25) is 0 Å². The maximum absolute atomic E-state index is 12.4. The molecule has 1 N–H and O–H groups in total. The van der Waals surface area contributed by atoms with Crippen LogP contribution in [0.4, 0.5) is 0 Å². The average Bonchev–Trinajstić information content (AvgIpc) is 2.55. The van der Waals surface area contributed by atoms with Gasteiger partial charge in [0.1, 0.15) is 0 Å². The molecule has 24 heavy (non-hydrogen) atoms. The van der Waals surface area contributed by atoms with Crippen molar-refractivity contribution in [2.45, 2.75) is 43.8 Å². The third-order valence-corrected chi connectivity index (χ3v) is 6.23. The van der Waals surface area contributed by atoms with Crippen molar-refractivity contribution >= 4 is 10.0 Å². The molecule has 0 unspecified atom stereocenters. The highest BCUT2D eigenvalue weighted by Crippen LogP contribution is 2.42. The van der Waals surface area contributed by atoms with E-state index in [2.05, 4.69) is 16.6 Å². The Balaban J connectivity index is 1.66. The Kier molecular flexibility index (Phi) is 5.01. The summed E-state index contributed by atoms with van der Waals surface area (Å²) in [7, 11) is -3.35. The van der Waals surface area contributed by atoms with E-state index in [0.29, 0.717) is 6.54 Å². The molecule has 1 aromatic carbocycles. The molecular formula is C19H24N2O2S. The Morgan fingerprint density at radius 1 is 1.08 bits per heavy atom. The number of rotatable bonds is 7. The first-order valence-electron chi connectivity index (χ1n) is 8.50. The number of sulfonamides is 1. The third kappa shape index (κ3) is 3.84. The third-order valence-electron chi connectivity index (χ3n) is 4.94. The van der Waals surface area contributed by atoms with E-state index in [-0.39, 0.29) is 11.2 Å². The first-order valence-corrected chi connectivity index (χ1v) is 10.1. The number of nitrogens with one attached hydrogen (secondary N) is 1. The van der Waals surface area contributed by atoms with Gasteiger partial charge >= 0.3 is 0 Å². The predicted molar refractivity (Wildman–Crippen MR) is 96.2 cm³/mol. The molecule has 4 nitrogen and oxygen atoms in total. The van der Waals surface area contributed by atoms with Crippen molar-refractivity contribution in [1.29, 1.82) is 0 Å². The number of hydrogen-bond donors (Lipinski definition) is 1. The molecule has 0 atom stereocenters. The highest BCUT2D eigenvalue weighted by molar-refractivity contribution is 7.88. The van der Waals surface area contributed by atoms with E-state index in [9.17, 15) is 8.42 Å². The summed E-state index contributed by atoms with van der Waals surface area (Å²) in [5.41, 5.74) is 2.89. The predicted octanol–water partition coefficient (Wildman–Crippen LogP) is 3.19. The normalized spacial score (nSPS) is 16.5. The summed E-state index contributed by atoms with van der Waals surface area (Å²) in [4.78, 5) is 4.44. The Labute approximate surface area is 144 Å². The first-order chi connectivity index (χ1) is 11.5. The van der Waals surface area contributed by atoms with Crippen molar-refractivity contribution in [3.8, 4) is 0 Å². The molecule has 0 bridgehead atoms. The Morgan fingerprint density at radius 2 is 1.79 bits per heavy atom. The van der Waals surface area contributed by atoms with Crippen molar-refractivity contribution in [2.24, 2.45) is 0 Å². The van der Waals surface area contributed by atoms with Crippen molar-refractivity contribution in [2.75, 3.05) is 6.54 Å². The quantitative estimate of drug-likeness (QED) is 0.839. The summed E-state index contributed by atoms with van der Waals surface area (Å²) >= 11 is 0. The van der Waals surface area contributed by atoms with E-state index in [1.807, 2.05) is 42.5 Å². The molecule has 128 valence electrons. The minimum atomic E-state index is -3.35. The van der Waals surface area contributed by atoms with Crippen LogP contribution in [0.5, 0.6) is 0 Å². The molecule has 3 rings (SSSR count). The monoisotopic (exact) mass is 344 g/mol. The summed E-state index contributed by atoms with van der Waals surface area (Å²) in [6, 6.07) is 13.6. The highest BCUT2D eigenvalue weighted by atomic mass is 32.2. The maximum Gasteiger partial charge on any atom is 0.215 e. The van der Waals surface area contributed by atoms with Crippen LogP contribution < -0.4 is 4.72 Å². The summed E-state index contributed by atoms with van der Waals surface area (Å²) in [6.07, 6.45) is 5.82. The second kappa shape index (κ2) is 7.03. The van der Waals surface area contributed by atoms with Crippen LogP contribution in [-0.2, 0) is 27.6 Å². The number of aryl methyl sites for hydroxylation is 1. The molecule has 0 radical (unpaired) electrons. The molecule has 0 amide bonds. The molecule has 1 heterocycles. The lowest BCUT2D eigenvalue weighted by atomic mass is 9.66. The molecule has 1 fully saturated rings. The van der Waals surface area contributed by atoms with Gasteiger partial charge in [-0.3, -0.25) is 4.98 Å². The smallest absolute Gasteiger partial charge is 0.215 e. The van der Waals surface area contributed by atoms with Gasteiger partial charge in [0.25, 0.3) is 0 Å². The Morgan fingerprint density at radius 3 is 2.33 bits per heavy atom. The molecule has 1 aliphatic carbocycles. The molecule has 1 aromatic heterocycles.